The van der Waals surface area contributed by atoms with Crippen LogP contribution in [0, 0.1) is 5.92 Å². The minimum absolute atomic E-state index is 0.0759. The number of nitrogens with two attached hydrogens (primary N) is 1. The molecular weight excluding hydrogens is 270 g/mol. The Morgan fingerprint density at radius 3 is 2.24 bits per heavy atom. The molecule has 1 rings (SSSR count). The molecule has 21 heavy (non-hydrogen) atoms. The summed E-state index contributed by atoms with van der Waals surface area (Å²) < 4.78 is 5.19. The fraction of sp³-hybridized carbons (Fsp3) is 0.867. The van der Waals surface area contributed by atoms with Crippen LogP contribution < -0.4 is 11.1 Å². The lowest BCUT2D eigenvalue weighted by Gasteiger charge is -2.30. The molecule has 6 heteroatoms. The number of hydrogen-bond donors (Lipinski definition) is 2. The van der Waals surface area contributed by atoms with Crippen molar-refractivity contribution in [2.24, 2.45) is 11.7 Å². The summed E-state index contributed by atoms with van der Waals surface area (Å²) in [5.41, 5.74) is 5.84. The van der Waals surface area contributed by atoms with E-state index in [4.69, 9.17) is 10.5 Å². The zero-order valence-electron chi connectivity index (χ0n) is 14.0. The molecule has 3 atom stereocenters. The third-order valence-corrected chi connectivity index (χ3v) is 3.61. The lowest BCUT2D eigenvalue weighted by Crippen LogP contribution is -2.54. The maximum Gasteiger partial charge on any atom is 0.245 e. The second-order valence-corrected chi connectivity index (χ2v) is 5.08. The number of hydrogen-bond acceptors (Lipinski definition) is 4. The molecule has 3 unspecified atom stereocenters. The predicted molar refractivity (Wildman–Crippen MR) is 83.8 cm³/mol. The second-order valence-electron chi connectivity index (χ2n) is 5.08. The van der Waals surface area contributed by atoms with Crippen LogP contribution in [0.25, 0.3) is 0 Å². The van der Waals surface area contributed by atoms with Gasteiger partial charge in [0.15, 0.2) is 0 Å². The summed E-state index contributed by atoms with van der Waals surface area (Å²) in [7, 11) is 0. The van der Waals surface area contributed by atoms with Crippen LogP contribution in [-0.2, 0) is 14.3 Å². The van der Waals surface area contributed by atoms with Crippen LogP contribution >= 0.6 is 0 Å². The van der Waals surface area contributed by atoms with Gasteiger partial charge in [-0.1, -0.05) is 34.1 Å². The van der Waals surface area contributed by atoms with Crippen molar-refractivity contribution in [3.05, 3.63) is 0 Å². The summed E-state index contributed by atoms with van der Waals surface area (Å²) in [6, 6.07) is -1.11. The number of carbonyl (C=O) groups is 2. The summed E-state index contributed by atoms with van der Waals surface area (Å²) in [5.74, 6) is -0.234. The van der Waals surface area contributed by atoms with Crippen LogP contribution in [0.3, 0.4) is 0 Å². The molecule has 0 aromatic carbocycles. The monoisotopic (exact) mass is 301 g/mol. The lowest BCUT2D eigenvalue weighted by molar-refractivity contribution is -0.139. The van der Waals surface area contributed by atoms with Gasteiger partial charge in [0, 0.05) is 13.1 Å². The van der Waals surface area contributed by atoms with Gasteiger partial charge in [0.2, 0.25) is 11.8 Å². The van der Waals surface area contributed by atoms with Crippen molar-refractivity contribution in [2.75, 3.05) is 26.3 Å². The van der Waals surface area contributed by atoms with Crippen molar-refractivity contribution >= 4 is 11.8 Å². The average Bonchev–Trinajstić information content (AvgIpc) is 2.55. The molecule has 2 amide bonds. The van der Waals surface area contributed by atoms with E-state index in [0.29, 0.717) is 26.3 Å². The van der Waals surface area contributed by atoms with Gasteiger partial charge in [-0.05, 0) is 12.8 Å². The Labute approximate surface area is 128 Å². The molecule has 1 heterocycles. The van der Waals surface area contributed by atoms with Crippen LogP contribution in [0.1, 0.15) is 41.0 Å². The van der Waals surface area contributed by atoms with Crippen molar-refractivity contribution in [1.82, 2.24) is 10.2 Å². The van der Waals surface area contributed by atoms with Gasteiger partial charge in [0.05, 0.1) is 19.3 Å². The van der Waals surface area contributed by atoms with Gasteiger partial charge >= 0.3 is 0 Å². The second kappa shape index (κ2) is 10.6. The van der Waals surface area contributed by atoms with Gasteiger partial charge in [0.1, 0.15) is 6.04 Å². The summed E-state index contributed by atoms with van der Waals surface area (Å²) in [6.45, 7) is 11.9. The highest BCUT2D eigenvalue weighted by Crippen LogP contribution is 2.06. The van der Waals surface area contributed by atoms with Crippen LogP contribution in [0.5, 0.6) is 0 Å². The summed E-state index contributed by atoms with van der Waals surface area (Å²) >= 11 is 0. The molecular formula is C15H31N3O3. The smallest absolute Gasteiger partial charge is 0.245 e. The molecule has 3 N–H and O–H groups in total. The minimum Gasteiger partial charge on any atom is -0.378 e. The predicted octanol–water partition coefficient (Wildman–Crippen LogP) is 0.750. The molecule has 0 aromatic heterocycles. The molecule has 0 bridgehead atoms. The molecule has 6 nitrogen and oxygen atoms in total. The van der Waals surface area contributed by atoms with Gasteiger partial charge in [-0.2, -0.15) is 0 Å². The van der Waals surface area contributed by atoms with Gasteiger partial charge in [-0.15, -0.1) is 0 Å². The van der Waals surface area contributed by atoms with Crippen molar-refractivity contribution in [3.8, 4) is 0 Å². The van der Waals surface area contributed by atoms with Crippen molar-refractivity contribution in [2.45, 2.75) is 53.1 Å². The van der Waals surface area contributed by atoms with E-state index in [1.807, 2.05) is 27.7 Å². The summed E-state index contributed by atoms with van der Waals surface area (Å²) in [5, 5.41) is 2.70. The van der Waals surface area contributed by atoms with Gasteiger partial charge in [0.25, 0.3) is 0 Å². The Morgan fingerprint density at radius 2 is 1.76 bits per heavy atom. The first-order valence-electron chi connectivity index (χ1n) is 7.89. The van der Waals surface area contributed by atoms with Crippen LogP contribution in [-0.4, -0.2) is 55.1 Å². The van der Waals surface area contributed by atoms with Gasteiger partial charge in [-0.3, -0.25) is 9.59 Å². The Kier molecular flexibility index (Phi) is 9.99. The highest BCUT2D eigenvalue weighted by atomic mass is 16.5. The highest BCUT2D eigenvalue weighted by molar-refractivity contribution is 5.89. The van der Waals surface area contributed by atoms with E-state index in [1.165, 1.54) is 0 Å². The number of morpholine rings is 1. The molecule has 1 saturated heterocycles. The Bertz CT molecular complexity index is 317. The Hall–Kier alpha value is -1.14. The third-order valence-electron chi connectivity index (χ3n) is 3.61. The van der Waals surface area contributed by atoms with E-state index in [1.54, 1.807) is 11.8 Å². The molecule has 0 spiro atoms. The zero-order valence-corrected chi connectivity index (χ0v) is 14.0. The first kappa shape index (κ1) is 19.9. The van der Waals surface area contributed by atoms with E-state index < -0.39 is 12.1 Å². The average molecular weight is 301 g/mol. The molecule has 1 aliphatic heterocycles. The van der Waals surface area contributed by atoms with Gasteiger partial charge < -0.3 is 20.7 Å². The number of ether oxygens (including phenoxy) is 1. The fourth-order valence-electron chi connectivity index (χ4n) is 1.94. The maximum absolute atomic E-state index is 12.1. The number of nitrogens with zero attached hydrogens (tertiary/aromatic N) is 1. The third kappa shape index (κ3) is 6.44. The number of rotatable bonds is 5. The molecule has 1 aliphatic rings. The summed E-state index contributed by atoms with van der Waals surface area (Å²) in [6.07, 6.45) is 0.834. The van der Waals surface area contributed by atoms with Crippen molar-refractivity contribution < 1.29 is 14.3 Å². The number of carbonyl (C=O) groups excluding carboxylic acids is 2. The minimum atomic E-state index is -0.565. The van der Waals surface area contributed by atoms with E-state index in [9.17, 15) is 9.59 Å². The van der Waals surface area contributed by atoms with E-state index in [2.05, 4.69) is 5.32 Å². The Balaban J connectivity index is 0.00000191. The summed E-state index contributed by atoms with van der Waals surface area (Å²) in [4.78, 5) is 25.7. The topological polar surface area (TPSA) is 84.7 Å². The lowest BCUT2D eigenvalue weighted by atomic mass is 9.99. The van der Waals surface area contributed by atoms with Crippen molar-refractivity contribution in [1.29, 1.82) is 0 Å². The number of nitrogens with one attached hydrogen (secondary N) is 1. The van der Waals surface area contributed by atoms with E-state index in [0.717, 1.165) is 6.42 Å². The maximum atomic E-state index is 12.1. The quantitative estimate of drug-likeness (QED) is 0.785. The fourth-order valence-corrected chi connectivity index (χ4v) is 1.94. The molecule has 0 saturated carbocycles. The molecule has 0 radical (unpaired) electrons. The largest absolute Gasteiger partial charge is 0.378 e. The molecule has 124 valence electrons. The van der Waals surface area contributed by atoms with E-state index >= 15 is 0 Å². The molecule has 0 aromatic rings. The molecule has 0 aliphatic carbocycles. The van der Waals surface area contributed by atoms with Crippen LogP contribution in [0.15, 0.2) is 0 Å². The van der Waals surface area contributed by atoms with Crippen molar-refractivity contribution in [3.63, 3.8) is 0 Å². The number of amides is 2. The standard InChI is InChI=1S/C13H25N3O3.C2H6/c1-4-9(2)11(14)12(17)15-10(3)13(18)16-5-7-19-8-6-16;1-2/h9-11H,4-8,14H2,1-3H3,(H,15,17);1-2H3. The first-order chi connectivity index (χ1) is 9.97. The van der Waals surface area contributed by atoms with Gasteiger partial charge in [-0.25, -0.2) is 0 Å². The van der Waals surface area contributed by atoms with Crippen LogP contribution in [0.2, 0.25) is 0 Å². The Morgan fingerprint density at radius 1 is 1.24 bits per heavy atom. The SMILES string of the molecule is CC.CCC(C)C(N)C(=O)NC(C)C(=O)N1CCOCC1. The normalized spacial score (nSPS) is 18.9. The first-order valence-corrected chi connectivity index (χ1v) is 7.89. The van der Waals surface area contributed by atoms with Crippen LogP contribution in [0.4, 0.5) is 0 Å². The zero-order chi connectivity index (χ0) is 16.4. The highest BCUT2D eigenvalue weighted by Gasteiger charge is 2.26. The van der Waals surface area contributed by atoms with E-state index in [-0.39, 0.29) is 17.7 Å². The molecule has 1 fully saturated rings.